The predicted molar refractivity (Wildman–Crippen MR) is 71.5 cm³/mol. The SMILES string of the molecule is COc1ccc(S(=O)(=O)NC2CCCC2CO)cc1. The lowest BCUT2D eigenvalue weighted by Crippen LogP contribution is -2.38. The summed E-state index contributed by atoms with van der Waals surface area (Å²) in [6, 6.07) is 6.10. The van der Waals surface area contributed by atoms with Crippen LogP contribution in [0.1, 0.15) is 19.3 Å². The van der Waals surface area contributed by atoms with Crippen LogP contribution in [0.25, 0.3) is 0 Å². The highest BCUT2D eigenvalue weighted by atomic mass is 32.2. The predicted octanol–water partition coefficient (Wildman–Crippen LogP) is 1.13. The highest BCUT2D eigenvalue weighted by molar-refractivity contribution is 7.89. The molecule has 0 spiro atoms. The molecule has 1 saturated carbocycles. The van der Waals surface area contributed by atoms with E-state index < -0.39 is 10.0 Å². The number of hydrogen-bond acceptors (Lipinski definition) is 4. The minimum absolute atomic E-state index is 0.0213. The van der Waals surface area contributed by atoms with Crippen LogP contribution in [0.15, 0.2) is 29.2 Å². The van der Waals surface area contributed by atoms with Crippen LogP contribution in [0.4, 0.5) is 0 Å². The van der Waals surface area contributed by atoms with Gasteiger partial charge in [-0.2, -0.15) is 0 Å². The van der Waals surface area contributed by atoms with Gasteiger partial charge in [0.25, 0.3) is 0 Å². The zero-order chi connectivity index (χ0) is 13.9. The molecular formula is C13H19NO4S. The second-order valence-electron chi connectivity index (χ2n) is 4.78. The number of ether oxygens (including phenoxy) is 1. The van der Waals surface area contributed by atoms with E-state index in [1.807, 2.05) is 0 Å². The van der Waals surface area contributed by atoms with Crippen LogP contribution < -0.4 is 9.46 Å². The van der Waals surface area contributed by atoms with Crippen molar-refractivity contribution in [3.8, 4) is 5.75 Å². The quantitative estimate of drug-likeness (QED) is 0.850. The van der Waals surface area contributed by atoms with Crippen LogP contribution in [0, 0.1) is 5.92 Å². The van der Waals surface area contributed by atoms with Gasteiger partial charge in [0.1, 0.15) is 5.75 Å². The van der Waals surface area contributed by atoms with Crippen molar-refractivity contribution >= 4 is 10.0 Å². The maximum absolute atomic E-state index is 12.2. The Balaban J connectivity index is 2.13. The lowest BCUT2D eigenvalue weighted by atomic mass is 10.1. The molecule has 5 nitrogen and oxygen atoms in total. The Morgan fingerprint density at radius 2 is 2.00 bits per heavy atom. The zero-order valence-corrected chi connectivity index (χ0v) is 11.7. The van der Waals surface area contributed by atoms with E-state index in [9.17, 15) is 13.5 Å². The smallest absolute Gasteiger partial charge is 0.240 e. The maximum atomic E-state index is 12.2. The summed E-state index contributed by atoms with van der Waals surface area (Å²) in [6.45, 7) is 0.0236. The number of aliphatic hydroxyl groups excluding tert-OH is 1. The minimum Gasteiger partial charge on any atom is -0.497 e. The lowest BCUT2D eigenvalue weighted by Gasteiger charge is -2.19. The summed E-state index contributed by atoms with van der Waals surface area (Å²) in [5.41, 5.74) is 0. The van der Waals surface area contributed by atoms with E-state index in [0.29, 0.717) is 5.75 Å². The summed E-state index contributed by atoms with van der Waals surface area (Å²) in [5.74, 6) is 0.640. The second-order valence-corrected chi connectivity index (χ2v) is 6.49. The average Bonchev–Trinajstić information content (AvgIpc) is 2.85. The topological polar surface area (TPSA) is 75.6 Å². The van der Waals surface area contributed by atoms with Crippen LogP contribution in [-0.2, 0) is 10.0 Å². The molecule has 106 valence electrons. The summed E-state index contributed by atoms with van der Waals surface area (Å²) < 4.78 is 32.1. The first kappa shape index (κ1) is 14.3. The fraction of sp³-hybridized carbons (Fsp3) is 0.538. The van der Waals surface area contributed by atoms with Gasteiger partial charge in [-0.1, -0.05) is 6.42 Å². The summed E-state index contributed by atoms with van der Waals surface area (Å²) >= 11 is 0. The van der Waals surface area contributed by atoms with Gasteiger partial charge in [0, 0.05) is 12.6 Å². The molecule has 2 atom stereocenters. The van der Waals surface area contributed by atoms with Crippen molar-refractivity contribution < 1.29 is 18.3 Å². The summed E-state index contributed by atoms with van der Waals surface area (Å²) in [4.78, 5) is 0.219. The van der Waals surface area contributed by atoms with E-state index in [2.05, 4.69) is 4.72 Å². The molecular weight excluding hydrogens is 266 g/mol. The number of nitrogens with one attached hydrogen (secondary N) is 1. The maximum Gasteiger partial charge on any atom is 0.240 e. The van der Waals surface area contributed by atoms with E-state index in [-0.39, 0.29) is 23.5 Å². The molecule has 19 heavy (non-hydrogen) atoms. The Labute approximate surface area is 113 Å². The van der Waals surface area contributed by atoms with Crippen LogP contribution in [0.5, 0.6) is 5.75 Å². The molecule has 1 aromatic rings. The van der Waals surface area contributed by atoms with Gasteiger partial charge in [-0.15, -0.1) is 0 Å². The van der Waals surface area contributed by atoms with Gasteiger partial charge in [-0.05, 0) is 43.0 Å². The van der Waals surface area contributed by atoms with Gasteiger partial charge in [0.15, 0.2) is 0 Å². The van der Waals surface area contributed by atoms with Gasteiger partial charge in [0.05, 0.1) is 12.0 Å². The first-order chi connectivity index (χ1) is 9.06. The van der Waals surface area contributed by atoms with Crippen molar-refractivity contribution in [3.05, 3.63) is 24.3 Å². The van der Waals surface area contributed by atoms with Gasteiger partial charge >= 0.3 is 0 Å². The standard InChI is InChI=1S/C13H19NO4S/c1-18-11-5-7-12(8-6-11)19(16,17)14-13-4-2-3-10(13)9-15/h5-8,10,13-15H,2-4,9H2,1H3. The van der Waals surface area contributed by atoms with Gasteiger partial charge in [-0.25, -0.2) is 13.1 Å². The van der Waals surface area contributed by atoms with E-state index in [1.165, 1.54) is 19.2 Å². The Hall–Kier alpha value is -1.11. The third-order valence-corrected chi connectivity index (χ3v) is 5.08. The number of methoxy groups -OCH3 is 1. The summed E-state index contributed by atoms with van der Waals surface area (Å²) in [6.07, 6.45) is 2.59. The molecule has 0 aromatic heterocycles. The van der Waals surface area contributed by atoms with Crippen molar-refractivity contribution in [1.29, 1.82) is 0 Å². The number of sulfonamides is 1. The third kappa shape index (κ3) is 3.26. The second kappa shape index (κ2) is 5.90. The summed E-state index contributed by atoms with van der Waals surface area (Å²) in [7, 11) is -1.99. The highest BCUT2D eigenvalue weighted by Gasteiger charge is 2.30. The van der Waals surface area contributed by atoms with E-state index >= 15 is 0 Å². The fourth-order valence-electron chi connectivity index (χ4n) is 2.43. The van der Waals surface area contributed by atoms with Crippen molar-refractivity contribution in [1.82, 2.24) is 4.72 Å². The lowest BCUT2D eigenvalue weighted by molar-refractivity contribution is 0.213. The molecule has 0 aliphatic heterocycles. The van der Waals surface area contributed by atoms with Crippen molar-refractivity contribution in [2.75, 3.05) is 13.7 Å². The first-order valence-electron chi connectivity index (χ1n) is 6.34. The van der Waals surface area contributed by atoms with Crippen molar-refractivity contribution in [3.63, 3.8) is 0 Å². The Morgan fingerprint density at radius 1 is 1.32 bits per heavy atom. The van der Waals surface area contributed by atoms with Crippen molar-refractivity contribution in [2.45, 2.75) is 30.2 Å². The summed E-state index contributed by atoms with van der Waals surface area (Å²) in [5, 5.41) is 9.22. The molecule has 1 fully saturated rings. The molecule has 0 amide bonds. The molecule has 0 bridgehead atoms. The Bertz CT molecular complexity index is 512. The third-order valence-electron chi connectivity index (χ3n) is 3.57. The fourth-order valence-corrected chi connectivity index (χ4v) is 3.77. The highest BCUT2D eigenvalue weighted by Crippen LogP contribution is 2.26. The number of hydrogen-bond donors (Lipinski definition) is 2. The van der Waals surface area contributed by atoms with E-state index in [1.54, 1.807) is 12.1 Å². The Kier molecular flexibility index (Phi) is 4.44. The van der Waals surface area contributed by atoms with Crippen LogP contribution in [0.2, 0.25) is 0 Å². The van der Waals surface area contributed by atoms with E-state index in [0.717, 1.165) is 19.3 Å². The average molecular weight is 285 g/mol. The molecule has 1 aromatic carbocycles. The zero-order valence-electron chi connectivity index (χ0n) is 10.9. The van der Waals surface area contributed by atoms with Gasteiger partial charge in [0.2, 0.25) is 10.0 Å². The number of rotatable bonds is 5. The Morgan fingerprint density at radius 3 is 2.58 bits per heavy atom. The van der Waals surface area contributed by atoms with Crippen molar-refractivity contribution in [2.24, 2.45) is 5.92 Å². The largest absolute Gasteiger partial charge is 0.497 e. The number of benzene rings is 1. The van der Waals surface area contributed by atoms with E-state index in [4.69, 9.17) is 4.74 Å². The van der Waals surface area contributed by atoms with Crippen LogP contribution in [-0.4, -0.2) is 33.3 Å². The minimum atomic E-state index is -3.53. The molecule has 2 N–H and O–H groups in total. The molecule has 2 unspecified atom stereocenters. The molecule has 1 aliphatic rings. The van der Waals surface area contributed by atoms with Gasteiger partial charge in [-0.3, -0.25) is 0 Å². The molecule has 0 radical (unpaired) electrons. The first-order valence-corrected chi connectivity index (χ1v) is 7.82. The monoisotopic (exact) mass is 285 g/mol. The normalized spacial score (nSPS) is 23.5. The molecule has 0 saturated heterocycles. The molecule has 0 heterocycles. The van der Waals surface area contributed by atoms with Crippen LogP contribution >= 0.6 is 0 Å². The van der Waals surface area contributed by atoms with Gasteiger partial charge < -0.3 is 9.84 Å². The number of aliphatic hydroxyl groups is 1. The molecule has 1 aliphatic carbocycles. The molecule has 2 rings (SSSR count). The molecule has 6 heteroatoms. The van der Waals surface area contributed by atoms with Crippen LogP contribution in [0.3, 0.4) is 0 Å².